The molecule has 2 N–H and O–H groups in total. The first-order valence-corrected chi connectivity index (χ1v) is 9.54. The first-order chi connectivity index (χ1) is 12.7. The summed E-state index contributed by atoms with van der Waals surface area (Å²) < 4.78 is 16.1. The number of hydrogen-bond acceptors (Lipinski definition) is 4. The number of nitrogens with one attached hydrogen (secondary N) is 2. The van der Waals surface area contributed by atoms with Crippen LogP contribution >= 0.6 is 24.0 Å². The minimum absolute atomic E-state index is 0. The Morgan fingerprint density at radius 1 is 1.07 bits per heavy atom. The number of rotatable bonds is 13. The number of ether oxygens (including phenoxy) is 3. The van der Waals surface area contributed by atoms with E-state index in [1.807, 2.05) is 38.1 Å². The lowest BCUT2D eigenvalue weighted by Crippen LogP contribution is -2.31. The molecular weight excluding hydrogens is 457 g/mol. The van der Waals surface area contributed by atoms with Crippen molar-refractivity contribution in [3.05, 3.63) is 24.3 Å². The largest absolute Gasteiger partial charge is 0.491 e. The summed E-state index contributed by atoms with van der Waals surface area (Å²) in [6.45, 7) is 9.79. The van der Waals surface area contributed by atoms with Gasteiger partial charge in [-0.25, -0.2) is 0 Å². The highest BCUT2D eigenvalue weighted by molar-refractivity contribution is 14.0. The van der Waals surface area contributed by atoms with Crippen LogP contribution in [0.5, 0.6) is 5.75 Å². The van der Waals surface area contributed by atoms with Crippen LogP contribution in [0.1, 0.15) is 40.0 Å². The number of aliphatic imine (C=N–C) groups is 1. The van der Waals surface area contributed by atoms with Crippen molar-refractivity contribution in [2.75, 3.05) is 45.3 Å². The van der Waals surface area contributed by atoms with Crippen molar-refractivity contribution in [2.45, 2.75) is 46.1 Å². The minimum atomic E-state index is 0. The van der Waals surface area contributed by atoms with Gasteiger partial charge in [-0.1, -0.05) is 13.3 Å². The van der Waals surface area contributed by atoms with Gasteiger partial charge in [-0.2, -0.15) is 0 Å². The SMILES string of the molecule is CCCCNC(=NCCCOCCOC)Nc1ccc(OC(C)C)cc1.I. The summed E-state index contributed by atoms with van der Waals surface area (Å²) in [4.78, 5) is 4.63. The standard InChI is InChI=1S/C20H35N3O3.HI/c1-5-6-12-21-20(22-13-7-14-25-16-15-24-4)23-18-8-10-19(11-9-18)26-17(2)3;/h8-11,17H,5-7,12-16H2,1-4H3,(H2,21,22,23);1H. The average molecular weight is 493 g/mol. The van der Waals surface area contributed by atoms with Crippen LogP contribution in [-0.4, -0.2) is 52.1 Å². The molecule has 0 saturated heterocycles. The topological polar surface area (TPSA) is 64.1 Å². The highest BCUT2D eigenvalue weighted by atomic mass is 127. The Labute approximate surface area is 181 Å². The molecule has 0 saturated carbocycles. The van der Waals surface area contributed by atoms with Crippen LogP contribution in [0.4, 0.5) is 5.69 Å². The Balaban J connectivity index is 0.00000676. The minimum Gasteiger partial charge on any atom is -0.491 e. The third-order valence-corrected chi connectivity index (χ3v) is 3.46. The number of guanidine groups is 1. The summed E-state index contributed by atoms with van der Waals surface area (Å²) in [6.07, 6.45) is 3.32. The van der Waals surface area contributed by atoms with E-state index in [9.17, 15) is 0 Å². The van der Waals surface area contributed by atoms with E-state index in [4.69, 9.17) is 14.2 Å². The first kappa shape index (κ1) is 25.9. The zero-order valence-corrected chi connectivity index (χ0v) is 19.5. The van der Waals surface area contributed by atoms with E-state index in [0.717, 1.165) is 43.2 Å². The lowest BCUT2D eigenvalue weighted by atomic mass is 10.3. The van der Waals surface area contributed by atoms with E-state index in [2.05, 4.69) is 22.5 Å². The molecule has 0 amide bonds. The molecule has 1 aromatic rings. The Morgan fingerprint density at radius 2 is 1.81 bits per heavy atom. The summed E-state index contributed by atoms with van der Waals surface area (Å²) in [6, 6.07) is 7.94. The van der Waals surface area contributed by atoms with Gasteiger partial charge in [0.05, 0.1) is 19.3 Å². The Bertz CT molecular complexity index is 496. The number of anilines is 1. The number of hydrogen-bond donors (Lipinski definition) is 2. The molecule has 0 aromatic heterocycles. The predicted octanol–water partition coefficient (Wildman–Crippen LogP) is 4.30. The van der Waals surface area contributed by atoms with E-state index < -0.39 is 0 Å². The Morgan fingerprint density at radius 3 is 2.44 bits per heavy atom. The summed E-state index contributed by atoms with van der Waals surface area (Å²) in [7, 11) is 1.68. The molecule has 0 spiro atoms. The van der Waals surface area contributed by atoms with Crippen molar-refractivity contribution in [3.8, 4) is 5.75 Å². The summed E-state index contributed by atoms with van der Waals surface area (Å²) in [5, 5.41) is 6.73. The second kappa shape index (κ2) is 17.1. The normalized spacial score (nSPS) is 11.2. The average Bonchev–Trinajstić information content (AvgIpc) is 2.62. The fourth-order valence-electron chi connectivity index (χ4n) is 2.15. The van der Waals surface area contributed by atoms with Gasteiger partial charge in [0.25, 0.3) is 0 Å². The summed E-state index contributed by atoms with van der Waals surface area (Å²) >= 11 is 0. The molecule has 0 atom stereocenters. The van der Waals surface area contributed by atoms with E-state index in [0.29, 0.717) is 26.4 Å². The molecule has 1 aromatic carbocycles. The van der Waals surface area contributed by atoms with Crippen LogP contribution in [0.25, 0.3) is 0 Å². The number of methoxy groups -OCH3 is 1. The van der Waals surface area contributed by atoms with Gasteiger partial charge in [0, 0.05) is 32.5 Å². The predicted molar refractivity (Wildman–Crippen MR) is 124 cm³/mol. The van der Waals surface area contributed by atoms with E-state index in [-0.39, 0.29) is 30.1 Å². The molecule has 6 nitrogen and oxygen atoms in total. The molecule has 0 aliphatic carbocycles. The van der Waals surface area contributed by atoms with Crippen molar-refractivity contribution in [3.63, 3.8) is 0 Å². The summed E-state index contributed by atoms with van der Waals surface area (Å²) in [5.41, 5.74) is 0.986. The summed E-state index contributed by atoms with van der Waals surface area (Å²) in [5.74, 6) is 1.67. The molecule has 1 rings (SSSR count). The van der Waals surface area contributed by atoms with Gasteiger partial charge < -0.3 is 24.8 Å². The van der Waals surface area contributed by atoms with Crippen molar-refractivity contribution in [1.29, 1.82) is 0 Å². The fourth-order valence-corrected chi connectivity index (χ4v) is 2.15. The van der Waals surface area contributed by atoms with Crippen molar-refractivity contribution < 1.29 is 14.2 Å². The van der Waals surface area contributed by atoms with Gasteiger partial charge >= 0.3 is 0 Å². The quantitative estimate of drug-likeness (QED) is 0.186. The molecule has 0 aliphatic heterocycles. The lowest BCUT2D eigenvalue weighted by molar-refractivity contribution is 0.0702. The molecule has 7 heteroatoms. The van der Waals surface area contributed by atoms with Crippen LogP contribution in [-0.2, 0) is 9.47 Å². The van der Waals surface area contributed by atoms with E-state index >= 15 is 0 Å². The lowest BCUT2D eigenvalue weighted by Gasteiger charge is -2.14. The van der Waals surface area contributed by atoms with Gasteiger partial charge in [-0.05, 0) is 51.0 Å². The van der Waals surface area contributed by atoms with Crippen LogP contribution < -0.4 is 15.4 Å². The molecule has 0 fully saturated rings. The smallest absolute Gasteiger partial charge is 0.195 e. The van der Waals surface area contributed by atoms with Gasteiger partial charge in [-0.3, -0.25) is 4.99 Å². The zero-order valence-electron chi connectivity index (χ0n) is 17.1. The van der Waals surface area contributed by atoms with Crippen LogP contribution in [0.3, 0.4) is 0 Å². The van der Waals surface area contributed by atoms with Crippen molar-refractivity contribution in [2.24, 2.45) is 4.99 Å². The number of nitrogens with zero attached hydrogens (tertiary/aromatic N) is 1. The third kappa shape index (κ3) is 13.7. The maximum absolute atomic E-state index is 5.68. The van der Waals surface area contributed by atoms with Crippen LogP contribution in [0.15, 0.2) is 29.3 Å². The second-order valence-corrected chi connectivity index (χ2v) is 6.29. The second-order valence-electron chi connectivity index (χ2n) is 6.29. The molecule has 0 aliphatic rings. The maximum Gasteiger partial charge on any atom is 0.195 e. The van der Waals surface area contributed by atoms with Crippen molar-refractivity contribution in [1.82, 2.24) is 5.32 Å². The van der Waals surface area contributed by atoms with Gasteiger partial charge in [-0.15, -0.1) is 24.0 Å². The fraction of sp³-hybridized carbons (Fsp3) is 0.650. The molecule has 0 unspecified atom stereocenters. The molecule has 156 valence electrons. The van der Waals surface area contributed by atoms with E-state index in [1.165, 1.54) is 0 Å². The first-order valence-electron chi connectivity index (χ1n) is 9.54. The highest BCUT2D eigenvalue weighted by Gasteiger charge is 2.02. The third-order valence-electron chi connectivity index (χ3n) is 3.46. The molecular formula is C20H36IN3O3. The van der Waals surface area contributed by atoms with Crippen LogP contribution in [0.2, 0.25) is 0 Å². The molecule has 0 heterocycles. The molecule has 0 bridgehead atoms. The van der Waals surface area contributed by atoms with E-state index in [1.54, 1.807) is 7.11 Å². The number of halogens is 1. The maximum atomic E-state index is 5.68. The zero-order chi connectivity index (χ0) is 19.0. The number of benzene rings is 1. The van der Waals surface area contributed by atoms with Gasteiger partial charge in [0.2, 0.25) is 0 Å². The Hall–Kier alpha value is -1.06. The number of unbranched alkanes of at least 4 members (excludes halogenated alkanes) is 1. The molecule has 27 heavy (non-hydrogen) atoms. The van der Waals surface area contributed by atoms with Crippen molar-refractivity contribution >= 4 is 35.6 Å². The molecule has 0 radical (unpaired) electrons. The van der Waals surface area contributed by atoms with Crippen LogP contribution in [0, 0.1) is 0 Å². The Kier molecular flexibility index (Phi) is 16.4. The highest BCUT2D eigenvalue weighted by Crippen LogP contribution is 2.16. The van der Waals surface area contributed by atoms with Gasteiger partial charge in [0.15, 0.2) is 5.96 Å². The van der Waals surface area contributed by atoms with Gasteiger partial charge in [0.1, 0.15) is 5.75 Å². The monoisotopic (exact) mass is 493 g/mol.